The fraction of sp³-hybridized carbons (Fsp3) is 0.414. The van der Waals surface area contributed by atoms with Crippen molar-refractivity contribution in [3.63, 3.8) is 0 Å². The zero-order valence-corrected chi connectivity index (χ0v) is 47.3. The summed E-state index contributed by atoms with van der Waals surface area (Å²) >= 11 is 0. The normalized spacial score (nSPS) is 15.4. The number of para-hydroxylation sites is 1. The SMILES string of the molecule is CCCNC(=O)Nc1cccc(S(=O)(=O)Nc2cccc(C(CC(=O)O)NC(=O)CCCC(=O)N[C@@H](CC(C)C)C(=O)NCC(=O)N[C@@H](CC(C)C)C(=O)O[C@]3(CC)C(=O)OCc4c3cc3n(c4=O)Cc4cc5ccccc5nc4-3)c2)c1. The zero-order chi connectivity index (χ0) is 59.5. The van der Waals surface area contributed by atoms with Crippen molar-refractivity contribution in [2.75, 3.05) is 23.1 Å². The van der Waals surface area contributed by atoms with Gasteiger partial charge in [0.05, 0.1) is 52.9 Å². The summed E-state index contributed by atoms with van der Waals surface area (Å²) in [7, 11) is -4.21. The topological polar surface area (TPSA) is 328 Å². The number of rotatable bonds is 26. The number of pyridine rings is 2. The number of amides is 6. The zero-order valence-electron chi connectivity index (χ0n) is 46.5. The number of hydrogen-bond donors (Lipinski definition) is 8. The summed E-state index contributed by atoms with van der Waals surface area (Å²) in [5, 5.41) is 26.3. The molecule has 0 aliphatic carbocycles. The summed E-state index contributed by atoms with van der Waals surface area (Å²) < 4.78 is 42.4. The molecule has 0 saturated carbocycles. The predicted molar refractivity (Wildman–Crippen MR) is 302 cm³/mol. The lowest BCUT2D eigenvalue weighted by molar-refractivity contribution is -0.191. The van der Waals surface area contributed by atoms with E-state index in [-0.39, 0.29) is 96.5 Å². The molecule has 5 aromatic rings. The number of carboxylic acids is 1. The first-order valence-corrected chi connectivity index (χ1v) is 28.7. The smallest absolute Gasteiger partial charge is 0.355 e. The van der Waals surface area contributed by atoms with Crippen LogP contribution in [-0.4, -0.2) is 95.8 Å². The number of ether oxygens (including phenoxy) is 2. The standard InChI is InChI=1S/C58H69N9O14S/c1-7-22-59-57(77)61-38-16-12-18-40(27-38)82(78,79)66-39-17-11-15-36(26-39)44(29-51(71)72)62-48(68)20-13-21-49(69)63-45(23-33(3)4)53(73)60-30-50(70)64-46(24-34(5)6)55(75)81-58(8-2)42-28-47-52-37(25-35-14-9-10-19-43(35)65-52)31-67(47)54(74)41(42)32-80-56(58)76/h9-12,14-19,25-28,33-34,44-46,66H,7-8,13,20-24,29-32H2,1-6H3,(H,60,73)(H,62,68)(H,63,69)(H,64,70)(H,71,72)(H2,59,61,77)/t44?,45-,46-,58-/m0/s1. The summed E-state index contributed by atoms with van der Waals surface area (Å²) in [6.45, 7) is 10.5. The monoisotopic (exact) mass is 1150 g/mol. The number of nitrogens with one attached hydrogen (secondary N) is 7. The lowest BCUT2D eigenvalue weighted by Gasteiger charge is -2.36. The second-order valence-electron chi connectivity index (χ2n) is 21.1. The molecule has 24 heteroatoms. The van der Waals surface area contributed by atoms with Crippen LogP contribution >= 0.6 is 0 Å². The van der Waals surface area contributed by atoms with Crippen molar-refractivity contribution in [3.8, 4) is 11.4 Å². The van der Waals surface area contributed by atoms with Crippen molar-refractivity contribution in [1.29, 1.82) is 0 Å². The molecule has 4 atom stereocenters. The molecule has 2 aromatic heterocycles. The van der Waals surface area contributed by atoms with Crippen molar-refractivity contribution in [1.82, 2.24) is 36.1 Å². The molecule has 0 fully saturated rings. The summed E-state index contributed by atoms with van der Waals surface area (Å²) in [5.74, 6) is -6.07. The Hall–Kier alpha value is -8.67. The molecule has 0 saturated heterocycles. The number of esters is 2. The van der Waals surface area contributed by atoms with E-state index >= 15 is 0 Å². The van der Waals surface area contributed by atoms with E-state index in [1.807, 2.05) is 65.0 Å². The molecule has 6 amide bonds. The van der Waals surface area contributed by atoms with Gasteiger partial charge in [-0.05, 0) is 98.0 Å². The number of benzene rings is 3. The predicted octanol–water partition coefficient (Wildman–Crippen LogP) is 5.64. The minimum atomic E-state index is -4.21. The van der Waals surface area contributed by atoms with Gasteiger partial charge < -0.3 is 51.0 Å². The van der Waals surface area contributed by atoms with E-state index in [1.54, 1.807) is 17.6 Å². The van der Waals surface area contributed by atoms with Crippen LogP contribution in [-0.2, 0) is 71.8 Å². The first kappa shape index (κ1) is 61.0. The summed E-state index contributed by atoms with van der Waals surface area (Å²) in [4.78, 5) is 125. The van der Waals surface area contributed by atoms with Gasteiger partial charge in [0, 0.05) is 47.3 Å². The minimum absolute atomic E-state index is 0.0122. The molecule has 0 radical (unpaired) electrons. The number of fused-ring (bicyclic) bond motifs is 5. The number of nitrogens with zero attached hydrogens (tertiary/aromatic N) is 2. The number of urea groups is 1. The van der Waals surface area contributed by atoms with E-state index in [0.717, 1.165) is 10.9 Å². The first-order valence-electron chi connectivity index (χ1n) is 27.2. The highest BCUT2D eigenvalue weighted by molar-refractivity contribution is 7.92. The fourth-order valence-electron chi connectivity index (χ4n) is 9.81. The van der Waals surface area contributed by atoms with Gasteiger partial charge in [-0.2, -0.15) is 0 Å². The lowest BCUT2D eigenvalue weighted by Crippen LogP contribution is -2.53. The van der Waals surface area contributed by atoms with E-state index in [1.165, 1.54) is 48.5 Å². The molecule has 7 rings (SSSR count). The van der Waals surface area contributed by atoms with E-state index in [2.05, 4.69) is 36.6 Å². The number of cyclic esters (lactones) is 1. The van der Waals surface area contributed by atoms with Crippen molar-refractivity contribution in [2.24, 2.45) is 11.8 Å². The van der Waals surface area contributed by atoms with E-state index in [9.17, 15) is 56.7 Å². The van der Waals surface area contributed by atoms with Gasteiger partial charge in [-0.15, -0.1) is 0 Å². The Balaban J connectivity index is 0.933. The molecule has 436 valence electrons. The van der Waals surface area contributed by atoms with Crippen LogP contribution in [0.15, 0.2) is 94.6 Å². The van der Waals surface area contributed by atoms with Crippen LogP contribution in [0.25, 0.3) is 22.3 Å². The Labute approximate surface area is 474 Å². The van der Waals surface area contributed by atoms with Crippen LogP contribution in [0.3, 0.4) is 0 Å². The Morgan fingerprint density at radius 3 is 2.18 bits per heavy atom. The van der Waals surface area contributed by atoms with Crippen LogP contribution in [0, 0.1) is 11.8 Å². The third-order valence-electron chi connectivity index (χ3n) is 13.8. The molecular formula is C58H69N9O14S. The molecule has 1 unspecified atom stereocenters. The van der Waals surface area contributed by atoms with Gasteiger partial charge in [-0.25, -0.2) is 27.8 Å². The molecule has 8 N–H and O–H groups in total. The number of carboxylic acid groups (broad SMARTS) is 1. The summed E-state index contributed by atoms with van der Waals surface area (Å²) in [5.41, 5.74) is 0.936. The van der Waals surface area contributed by atoms with Crippen molar-refractivity contribution < 1.29 is 61.4 Å². The highest BCUT2D eigenvalue weighted by atomic mass is 32.2. The van der Waals surface area contributed by atoms with Gasteiger partial charge in [-0.1, -0.05) is 77.9 Å². The van der Waals surface area contributed by atoms with Crippen LogP contribution in [0.1, 0.15) is 121 Å². The quantitative estimate of drug-likeness (QED) is 0.0305. The largest absolute Gasteiger partial charge is 0.481 e. The second-order valence-corrected chi connectivity index (χ2v) is 22.8. The average Bonchev–Trinajstić information content (AvgIpc) is 2.54. The van der Waals surface area contributed by atoms with Crippen molar-refractivity contribution in [3.05, 3.63) is 118 Å². The third-order valence-corrected chi connectivity index (χ3v) is 15.1. The van der Waals surface area contributed by atoms with Crippen LogP contribution in [0.4, 0.5) is 16.2 Å². The van der Waals surface area contributed by atoms with Gasteiger partial charge in [-0.3, -0.25) is 33.5 Å². The molecule has 4 heterocycles. The van der Waals surface area contributed by atoms with Gasteiger partial charge in [0.25, 0.3) is 15.6 Å². The first-order chi connectivity index (χ1) is 39.0. The Bertz CT molecular complexity index is 3460. The number of aromatic nitrogens is 2. The van der Waals surface area contributed by atoms with Crippen molar-refractivity contribution >= 4 is 79.9 Å². The molecule has 23 nitrogen and oxygen atoms in total. The highest BCUT2D eigenvalue weighted by Gasteiger charge is 2.51. The maximum atomic E-state index is 14.2. The van der Waals surface area contributed by atoms with E-state index in [4.69, 9.17) is 14.5 Å². The number of hydrogen-bond acceptors (Lipinski definition) is 14. The van der Waals surface area contributed by atoms with Crippen LogP contribution in [0.2, 0.25) is 0 Å². The molecule has 3 aromatic carbocycles. The molecular weight excluding hydrogens is 1080 g/mol. The van der Waals surface area contributed by atoms with Crippen LogP contribution in [0.5, 0.6) is 0 Å². The number of sulfonamides is 1. The Morgan fingerprint density at radius 2 is 1.48 bits per heavy atom. The third kappa shape index (κ3) is 15.0. The van der Waals surface area contributed by atoms with Gasteiger partial charge in [0.1, 0.15) is 18.7 Å². The Kier molecular flexibility index (Phi) is 19.9. The summed E-state index contributed by atoms with van der Waals surface area (Å²) in [6, 6.07) is 18.5. The Morgan fingerprint density at radius 1 is 0.793 bits per heavy atom. The van der Waals surface area contributed by atoms with Gasteiger partial charge >= 0.3 is 23.9 Å². The van der Waals surface area contributed by atoms with Crippen LogP contribution < -0.4 is 42.2 Å². The van der Waals surface area contributed by atoms with Gasteiger partial charge in [0.2, 0.25) is 29.2 Å². The maximum Gasteiger partial charge on any atom is 0.355 e. The maximum absolute atomic E-state index is 14.2. The lowest BCUT2D eigenvalue weighted by atomic mass is 9.85. The summed E-state index contributed by atoms with van der Waals surface area (Å²) in [6.07, 6.45) is -0.198. The number of carbonyl (C=O) groups excluding carboxylic acids is 7. The second kappa shape index (κ2) is 26.7. The number of aliphatic carboxylic acids is 1. The molecule has 2 aliphatic rings. The number of anilines is 2. The van der Waals surface area contributed by atoms with E-state index < -0.39 is 99.8 Å². The average molecular weight is 1150 g/mol. The molecule has 82 heavy (non-hydrogen) atoms. The van der Waals surface area contributed by atoms with Gasteiger partial charge in [0.15, 0.2) is 0 Å². The molecule has 0 bridgehead atoms. The minimum Gasteiger partial charge on any atom is -0.481 e. The highest BCUT2D eigenvalue weighted by Crippen LogP contribution is 2.41. The molecule has 0 spiro atoms. The van der Waals surface area contributed by atoms with Crippen molar-refractivity contribution in [2.45, 2.75) is 135 Å². The number of carbonyl (C=O) groups is 8. The molecule has 2 aliphatic heterocycles. The van der Waals surface area contributed by atoms with E-state index in [0.29, 0.717) is 29.9 Å². The fourth-order valence-corrected chi connectivity index (χ4v) is 10.9.